The summed E-state index contributed by atoms with van der Waals surface area (Å²) in [5.74, 6) is 0. The van der Waals surface area contributed by atoms with E-state index in [1.807, 2.05) is 0 Å². The second-order valence-electron chi connectivity index (χ2n) is 5.25. The molecule has 0 aliphatic heterocycles. The van der Waals surface area contributed by atoms with E-state index in [1.165, 1.54) is 0 Å². The number of amides is 1. The lowest BCUT2D eigenvalue weighted by Crippen LogP contribution is -2.34. The Morgan fingerprint density at radius 3 is 2.16 bits per heavy atom. The third kappa shape index (κ3) is 15.0. The first-order valence-electron chi connectivity index (χ1n) is 6.34. The summed E-state index contributed by atoms with van der Waals surface area (Å²) < 4.78 is 40.5. The molecule has 0 aromatic rings. The Hall–Kier alpha value is -0.980. The van der Waals surface area contributed by atoms with Gasteiger partial charge in [-0.2, -0.15) is 13.2 Å². The summed E-state index contributed by atoms with van der Waals surface area (Å²) in [6.45, 7) is 6.64. The number of halogens is 3. The molecular formula is C12H23F3N2O2. The van der Waals surface area contributed by atoms with Crippen LogP contribution in [0.3, 0.4) is 0 Å². The molecule has 0 radical (unpaired) electrons. The fourth-order valence-corrected chi connectivity index (χ4v) is 1.26. The third-order valence-corrected chi connectivity index (χ3v) is 2.01. The normalized spacial score (nSPS) is 12.3. The quantitative estimate of drug-likeness (QED) is 0.707. The van der Waals surface area contributed by atoms with Crippen molar-refractivity contribution < 1.29 is 22.7 Å². The molecule has 19 heavy (non-hydrogen) atoms. The third-order valence-electron chi connectivity index (χ3n) is 2.01. The lowest BCUT2D eigenvalue weighted by Gasteiger charge is -2.19. The Bertz CT molecular complexity index is 263. The van der Waals surface area contributed by atoms with Gasteiger partial charge in [0.1, 0.15) is 5.60 Å². The Morgan fingerprint density at radius 1 is 1.05 bits per heavy atom. The molecular weight excluding hydrogens is 261 g/mol. The van der Waals surface area contributed by atoms with Crippen molar-refractivity contribution in [2.75, 3.05) is 19.6 Å². The van der Waals surface area contributed by atoms with E-state index in [0.29, 0.717) is 26.1 Å². The summed E-state index contributed by atoms with van der Waals surface area (Å²) in [4.78, 5) is 11.2. The number of carbonyl (C=O) groups excluding carboxylic acids is 1. The summed E-state index contributed by atoms with van der Waals surface area (Å²) in [6, 6.07) is 0. The number of ether oxygens (including phenoxy) is 1. The van der Waals surface area contributed by atoms with Gasteiger partial charge in [-0.3, -0.25) is 0 Å². The fourth-order valence-electron chi connectivity index (χ4n) is 1.26. The summed E-state index contributed by atoms with van der Waals surface area (Å²) in [7, 11) is 0. The number of nitrogens with one attached hydrogen (secondary N) is 2. The van der Waals surface area contributed by atoms with Crippen LogP contribution in [0.25, 0.3) is 0 Å². The SMILES string of the molecule is CC(C)(C)OC(=O)NCCCNCCCC(F)(F)F. The van der Waals surface area contributed by atoms with Crippen LogP contribution in [0.15, 0.2) is 0 Å². The van der Waals surface area contributed by atoms with Crippen LogP contribution in [-0.2, 0) is 4.74 Å². The van der Waals surface area contributed by atoms with Crippen LogP contribution in [-0.4, -0.2) is 37.5 Å². The Morgan fingerprint density at radius 2 is 1.63 bits per heavy atom. The van der Waals surface area contributed by atoms with Crippen molar-refractivity contribution in [3.63, 3.8) is 0 Å². The average molecular weight is 284 g/mol. The van der Waals surface area contributed by atoms with Gasteiger partial charge in [0.25, 0.3) is 0 Å². The van der Waals surface area contributed by atoms with Gasteiger partial charge in [0, 0.05) is 13.0 Å². The molecule has 114 valence electrons. The Labute approximate surface area is 112 Å². The maximum Gasteiger partial charge on any atom is 0.407 e. The molecule has 0 unspecified atom stereocenters. The van der Waals surface area contributed by atoms with E-state index < -0.39 is 24.3 Å². The molecule has 4 nitrogen and oxygen atoms in total. The molecule has 0 aromatic carbocycles. The largest absolute Gasteiger partial charge is 0.444 e. The van der Waals surface area contributed by atoms with Gasteiger partial charge in [-0.05, 0) is 46.7 Å². The van der Waals surface area contributed by atoms with Gasteiger partial charge in [0.15, 0.2) is 0 Å². The zero-order valence-electron chi connectivity index (χ0n) is 11.7. The number of hydrogen-bond acceptors (Lipinski definition) is 3. The minimum Gasteiger partial charge on any atom is -0.444 e. The van der Waals surface area contributed by atoms with Crippen molar-refractivity contribution in [1.82, 2.24) is 10.6 Å². The molecule has 2 N–H and O–H groups in total. The molecule has 0 rings (SSSR count). The number of rotatable bonds is 7. The minimum absolute atomic E-state index is 0.0724. The van der Waals surface area contributed by atoms with Crippen molar-refractivity contribution in [3.05, 3.63) is 0 Å². The van der Waals surface area contributed by atoms with Crippen molar-refractivity contribution in [2.45, 2.75) is 51.8 Å². The smallest absolute Gasteiger partial charge is 0.407 e. The van der Waals surface area contributed by atoms with Gasteiger partial charge < -0.3 is 15.4 Å². The fraction of sp³-hybridized carbons (Fsp3) is 0.917. The first-order valence-corrected chi connectivity index (χ1v) is 6.34. The predicted molar refractivity (Wildman–Crippen MR) is 67.0 cm³/mol. The van der Waals surface area contributed by atoms with Crippen LogP contribution < -0.4 is 10.6 Å². The summed E-state index contributed by atoms with van der Waals surface area (Å²) in [5.41, 5.74) is -0.528. The lowest BCUT2D eigenvalue weighted by molar-refractivity contribution is -0.135. The maximum atomic E-state index is 11.8. The molecule has 0 fully saturated rings. The van der Waals surface area contributed by atoms with E-state index in [4.69, 9.17) is 4.74 Å². The van der Waals surface area contributed by atoms with Gasteiger partial charge in [0.05, 0.1) is 0 Å². The zero-order valence-corrected chi connectivity index (χ0v) is 11.7. The Balaban J connectivity index is 3.35. The van der Waals surface area contributed by atoms with Gasteiger partial charge in [-0.1, -0.05) is 0 Å². The van der Waals surface area contributed by atoms with Crippen LogP contribution in [0.5, 0.6) is 0 Å². The average Bonchev–Trinajstić information content (AvgIpc) is 2.17. The van der Waals surface area contributed by atoms with Gasteiger partial charge in [0.2, 0.25) is 0 Å². The summed E-state index contributed by atoms with van der Waals surface area (Å²) >= 11 is 0. The number of alkyl carbamates (subject to hydrolysis) is 1. The second-order valence-corrected chi connectivity index (χ2v) is 5.25. The van der Waals surface area contributed by atoms with Crippen LogP contribution in [0.2, 0.25) is 0 Å². The van der Waals surface area contributed by atoms with E-state index >= 15 is 0 Å². The topological polar surface area (TPSA) is 50.4 Å². The van der Waals surface area contributed by atoms with Crippen molar-refractivity contribution in [2.24, 2.45) is 0 Å². The zero-order chi connectivity index (χ0) is 14.9. The highest BCUT2D eigenvalue weighted by molar-refractivity contribution is 5.67. The number of hydrogen-bond donors (Lipinski definition) is 2. The molecule has 7 heteroatoms. The van der Waals surface area contributed by atoms with Gasteiger partial charge >= 0.3 is 12.3 Å². The van der Waals surface area contributed by atoms with Gasteiger partial charge in [-0.15, -0.1) is 0 Å². The minimum atomic E-state index is -4.08. The van der Waals surface area contributed by atoms with E-state index in [9.17, 15) is 18.0 Å². The monoisotopic (exact) mass is 284 g/mol. The molecule has 0 aliphatic rings. The van der Waals surface area contributed by atoms with E-state index in [2.05, 4.69) is 10.6 Å². The molecule has 0 heterocycles. The van der Waals surface area contributed by atoms with Crippen LogP contribution in [0.1, 0.15) is 40.0 Å². The van der Waals surface area contributed by atoms with E-state index in [0.717, 1.165) is 0 Å². The molecule has 0 atom stereocenters. The molecule has 0 aliphatic carbocycles. The standard InChI is InChI=1S/C12H23F3N2O2/c1-11(2,3)19-10(18)17-9-5-8-16-7-4-6-12(13,14)15/h16H,4-9H2,1-3H3,(H,17,18). The molecule has 1 amide bonds. The first-order chi connectivity index (χ1) is 8.60. The number of carbonyl (C=O) groups is 1. The van der Waals surface area contributed by atoms with Crippen molar-refractivity contribution in [1.29, 1.82) is 0 Å². The van der Waals surface area contributed by atoms with E-state index in [1.54, 1.807) is 20.8 Å². The van der Waals surface area contributed by atoms with Crippen LogP contribution in [0.4, 0.5) is 18.0 Å². The second kappa shape index (κ2) is 8.24. The molecule has 0 spiro atoms. The van der Waals surface area contributed by atoms with Crippen LogP contribution >= 0.6 is 0 Å². The highest BCUT2D eigenvalue weighted by Crippen LogP contribution is 2.20. The lowest BCUT2D eigenvalue weighted by atomic mass is 10.2. The summed E-state index contributed by atoms with van der Waals surface area (Å²) in [6.07, 6.45) is -4.62. The Kier molecular flexibility index (Phi) is 7.82. The molecule has 0 saturated carbocycles. The molecule has 0 saturated heterocycles. The van der Waals surface area contributed by atoms with Crippen LogP contribution in [0, 0.1) is 0 Å². The van der Waals surface area contributed by atoms with Crippen molar-refractivity contribution >= 4 is 6.09 Å². The molecule has 0 bridgehead atoms. The highest BCUT2D eigenvalue weighted by Gasteiger charge is 2.25. The van der Waals surface area contributed by atoms with Gasteiger partial charge in [-0.25, -0.2) is 4.79 Å². The van der Waals surface area contributed by atoms with Crippen molar-refractivity contribution in [3.8, 4) is 0 Å². The van der Waals surface area contributed by atoms with E-state index in [-0.39, 0.29) is 6.42 Å². The maximum absolute atomic E-state index is 11.8. The summed E-state index contributed by atoms with van der Waals surface area (Å²) in [5, 5.41) is 5.46. The predicted octanol–water partition coefficient (Wildman–Crippen LogP) is 2.83. The molecule has 0 aromatic heterocycles. The highest BCUT2D eigenvalue weighted by atomic mass is 19.4. The first kappa shape index (κ1) is 18.0. The number of alkyl halides is 3.